The Morgan fingerprint density at radius 1 is 1.47 bits per heavy atom. The zero-order chi connectivity index (χ0) is 13.1. The molecule has 0 aromatic heterocycles. The number of carbonyl (C=O) groups excluding carboxylic acids is 2. The maximum atomic E-state index is 11.6. The van der Waals surface area contributed by atoms with Crippen LogP contribution in [0.5, 0.6) is 0 Å². The predicted molar refractivity (Wildman–Crippen MR) is 61.4 cm³/mol. The van der Waals surface area contributed by atoms with Crippen molar-refractivity contribution >= 4 is 21.8 Å². The van der Waals surface area contributed by atoms with Gasteiger partial charge in [0.25, 0.3) is 0 Å². The average Bonchev–Trinajstić information content (AvgIpc) is 2.47. The van der Waals surface area contributed by atoms with Crippen LogP contribution in [0.2, 0.25) is 0 Å². The SMILES string of the molecule is CCN1C(=O)CC(NCCCS(N)(=O)=O)C1=O. The molecule has 17 heavy (non-hydrogen) atoms. The van der Waals surface area contributed by atoms with Crippen molar-refractivity contribution < 1.29 is 18.0 Å². The summed E-state index contributed by atoms with van der Waals surface area (Å²) in [5, 5.41) is 7.70. The van der Waals surface area contributed by atoms with Crippen LogP contribution in [0.3, 0.4) is 0 Å². The summed E-state index contributed by atoms with van der Waals surface area (Å²) in [6.45, 7) is 2.45. The number of amides is 2. The van der Waals surface area contributed by atoms with E-state index in [1.165, 1.54) is 4.90 Å². The number of primary sulfonamides is 1. The Bertz CT molecular complexity index is 406. The van der Waals surface area contributed by atoms with Crippen molar-refractivity contribution in [2.75, 3.05) is 18.8 Å². The summed E-state index contributed by atoms with van der Waals surface area (Å²) in [6, 6.07) is -0.525. The van der Waals surface area contributed by atoms with Crippen LogP contribution in [0.15, 0.2) is 0 Å². The van der Waals surface area contributed by atoms with Gasteiger partial charge in [0, 0.05) is 6.54 Å². The van der Waals surface area contributed by atoms with E-state index in [0.717, 1.165) is 0 Å². The molecule has 1 atom stereocenters. The minimum atomic E-state index is -3.46. The van der Waals surface area contributed by atoms with Gasteiger partial charge < -0.3 is 5.32 Å². The molecule has 0 radical (unpaired) electrons. The molecule has 0 bridgehead atoms. The maximum Gasteiger partial charge on any atom is 0.246 e. The van der Waals surface area contributed by atoms with E-state index in [0.29, 0.717) is 19.5 Å². The number of hydrogen-bond donors (Lipinski definition) is 2. The molecule has 7 nitrogen and oxygen atoms in total. The lowest BCUT2D eigenvalue weighted by molar-refractivity contribution is -0.138. The first-order valence-electron chi connectivity index (χ1n) is 5.43. The number of hydrogen-bond acceptors (Lipinski definition) is 5. The Labute approximate surface area is 100 Å². The molecule has 1 unspecified atom stereocenters. The van der Waals surface area contributed by atoms with Crippen molar-refractivity contribution in [3.05, 3.63) is 0 Å². The van der Waals surface area contributed by atoms with E-state index < -0.39 is 16.1 Å². The Hall–Kier alpha value is -0.990. The molecule has 2 amide bonds. The smallest absolute Gasteiger partial charge is 0.246 e. The third kappa shape index (κ3) is 4.06. The van der Waals surface area contributed by atoms with Crippen LogP contribution in [0.25, 0.3) is 0 Å². The lowest BCUT2D eigenvalue weighted by Gasteiger charge is -2.12. The predicted octanol–water partition coefficient (Wildman–Crippen LogP) is -1.60. The molecule has 1 aliphatic rings. The van der Waals surface area contributed by atoms with Gasteiger partial charge in [-0.3, -0.25) is 14.5 Å². The highest BCUT2D eigenvalue weighted by Crippen LogP contribution is 2.12. The molecule has 3 N–H and O–H groups in total. The van der Waals surface area contributed by atoms with Crippen LogP contribution in [-0.2, 0) is 19.6 Å². The molecule has 1 fully saturated rings. The van der Waals surface area contributed by atoms with Crippen molar-refractivity contribution in [3.63, 3.8) is 0 Å². The molecule has 8 heteroatoms. The highest BCUT2D eigenvalue weighted by Gasteiger charge is 2.36. The monoisotopic (exact) mass is 263 g/mol. The lowest BCUT2D eigenvalue weighted by atomic mass is 10.2. The molecule has 1 aliphatic heterocycles. The second-order valence-corrected chi connectivity index (χ2v) is 5.64. The average molecular weight is 263 g/mol. The molecule has 1 saturated heterocycles. The Kier molecular flexibility index (Phi) is 4.61. The van der Waals surface area contributed by atoms with Gasteiger partial charge in [0.05, 0.1) is 18.2 Å². The highest BCUT2D eigenvalue weighted by atomic mass is 32.2. The van der Waals surface area contributed by atoms with Crippen molar-refractivity contribution in [2.24, 2.45) is 5.14 Å². The van der Waals surface area contributed by atoms with Crippen molar-refractivity contribution in [2.45, 2.75) is 25.8 Å². The van der Waals surface area contributed by atoms with E-state index >= 15 is 0 Å². The van der Waals surface area contributed by atoms with Crippen molar-refractivity contribution in [1.29, 1.82) is 0 Å². The van der Waals surface area contributed by atoms with Gasteiger partial charge in [-0.05, 0) is 19.9 Å². The Morgan fingerprint density at radius 3 is 2.59 bits per heavy atom. The quantitative estimate of drug-likeness (QED) is 0.443. The van der Waals surface area contributed by atoms with Crippen molar-refractivity contribution in [1.82, 2.24) is 10.2 Å². The molecule has 0 aliphatic carbocycles. The van der Waals surface area contributed by atoms with E-state index in [4.69, 9.17) is 5.14 Å². The molecule has 0 aromatic carbocycles. The molecule has 0 aromatic rings. The van der Waals surface area contributed by atoms with Crippen LogP contribution in [0.1, 0.15) is 19.8 Å². The molecule has 0 spiro atoms. The summed E-state index contributed by atoms with van der Waals surface area (Å²) < 4.78 is 21.3. The number of sulfonamides is 1. The van der Waals surface area contributed by atoms with Crippen LogP contribution >= 0.6 is 0 Å². The third-order valence-corrected chi connectivity index (χ3v) is 3.41. The number of likely N-dealkylation sites (N-methyl/N-ethyl adjacent to an activating group) is 1. The van der Waals surface area contributed by atoms with Gasteiger partial charge in [-0.25, -0.2) is 13.6 Å². The first-order chi connectivity index (χ1) is 7.85. The fourth-order valence-electron chi connectivity index (χ4n) is 1.72. The summed E-state index contributed by atoms with van der Waals surface area (Å²) in [6.07, 6.45) is 0.463. The molecular weight excluding hydrogens is 246 g/mol. The summed E-state index contributed by atoms with van der Waals surface area (Å²) in [4.78, 5) is 24.2. The number of nitrogens with two attached hydrogens (primary N) is 1. The van der Waals surface area contributed by atoms with Gasteiger partial charge in [0.15, 0.2) is 0 Å². The summed E-state index contributed by atoms with van der Waals surface area (Å²) in [7, 11) is -3.46. The Balaban J connectivity index is 2.34. The molecular formula is C9H17N3O4S. The number of rotatable bonds is 6. The van der Waals surface area contributed by atoms with Crippen LogP contribution in [0.4, 0.5) is 0 Å². The summed E-state index contributed by atoms with van der Waals surface area (Å²) >= 11 is 0. The van der Waals surface area contributed by atoms with Crippen molar-refractivity contribution in [3.8, 4) is 0 Å². The fraction of sp³-hybridized carbons (Fsp3) is 0.778. The maximum absolute atomic E-state index is 11.6. The molecule has 1 heterocycles. The molecule has 1 rings (SSSR count). The van der Waals surface area contributed by atoms with Gasteiger partial charge >= 0.3 is 0 Å². The van der Waals surface area contributed by atoms with Crippen LogP contribution < -0.4 is 10.5 Å². The minimum absolute atomic E-state index is 0.133. The van der Waals surface area contributed by atoms with Crippen LogP contribution in [-0.4, -0.2) is 50.0 Å². The van der Waals surface area contributed by atoms with Gasteiger partial charge in [0.2, 0.25) is 21.8 Å². The number of nitrogens with zero attached hydrogens (tertiary/aromatic N) is 1. The number of imide groups is 1. The fourth-order valence-corrected chi connectivity index (χ4v) is 2.27. The first-order valence-corrected chi connectivity index (χ1v) is 7.14. The van der Waals surface area contributed by atoms with Crippen LogP contribution in [0, 0.1) is 0 Å². The number of carbonyl (C=O) groups is 2. The Morgan fingerprint density at radius 2 is 2.12 bits per heavy atom. The van der Waals surface area contributed by atoms with E-state index in [2.05, 4.69) is 5.32 Å². The largest absolute Gasteiger partial charge is 0.305 e. The molecule has 0 saturated carbocycles. The molecule has 98 valence electrons. The van der Waals surface area contributed by atoms with E-state index in [9.17, 15) is 18.0 Å². The second kappa shape index (κ2) is 5.56. The normalized spacial score (nSPS) is 21.3. The summed E-state index contributed by atoms with van der Waals surface area (Å²) in [5.74, 6) is -0.568. The highest BCUT2D eigenvalue weighted by molar-refractivity contribution is 7.89. The zero-order valence-corrected chi connectivity index (χ0v) is 10.5. The van der Waals surface area contributed by atoms with E-state index in [1.54, 1.807) is 6.92 Å². The van der Waals surface area contributed by atoms with Gasteiger partial charge in [-0.15, -0.1) is 0 Å². The standard InChI is InChI=1S/C9H17N3O4S/c1-2-12-8(13)6-7(9(12)14)11-4-3-5-17(10,15)16/h7,11H,2-6H2,1H3,(H2,10,15,16). The summed E-state index contributed by atoms with van der Waals surface area (Å²) in [5.41, 5.74) is 0. The topological polar surface area (TPSA) is 110 Å². The minimum Gasteiger partial charge on any atom is -0.305 e. The van der Waals surface area contributed by atoms with Gasteiger partial charge in [0.1, 0.15) is 0 Å². The zero-order valence-electron chi connectivity index (χ0n) is 9.68. The van der Waals surface area contributed by atoms with E-state index in [-0.39, 0.29) is 24.0 Å². The third-order valence-electron chi connectivity index (χ3n) is 2.56. The number of nitrogens with one attached hydrogen (secondary N) is 1. The van der Waals surface area contributed by atoms with Gasteiger partial charge in [-0.2, -0.15) is 0 Å². The number of likely N-dealkylation sites (tertiary alicyclic amines) is 1. The first kappa shape index (κ1) is 14.1. The van der Waals surface area contributed by atoms with E-state index in [1.807, 2.05) is 0 Å². The second-order valence-electron chi connectivity index (χ2n) is 3.91. The lowest BCUT2D eigenvalue weighted by Crippen LogP contribution is -2.39. The van der Waals surface area contributed by atoms with Gasteiger partial charge in [-0.1, -0.05) is 0 Å².